The number of imidazole rings is 1. The molecule has 0 saturated carbocycles. The van der Waals surface area contributed by atoms with Crippen LogP contribution in [0.3, 0.4) is 0 Å². The van der Waals surface area contributed by atoms with Gasteiger partial charge in [-0.05, 0) is 44.0 Å². The van der Waals surface area contributed by atoms with Crippen molar-refractivity contribution in [1.29, 1.82) is 0 Å². The molecule has 0 spiro atoms. The number of sulfone groups is 1. The lowest BCUT2D eigenvalue weighted by Gasteiger charge is -2.31. The van der Waals surface area contributed by atoms with Crippen molar-refractivity contribution in [2.24, 2.45) is 0 Å². The molecular formula is C24H27N7O4S2. The van der Waals surface area contributed by atoms with E-state index in [2.05, 4.69) is 20.2 Å². The second-order valence-corrected chi connectivity index (χ2v) is 12.1. The molecule has 6 rings (SSSR count). The highest BCUT2D eigenvalue weighted by Gasteiger charge is 2.29. The number of hydrogen-bond acceptors (Lipinski definition) is 11. The summed E-state index contributed by atoms with van der Waals surface area (Å²) in [5.74, 6) is 1.84. The first-order chi connectivity index (χ1) is 18.0. The molecule has 2 saturated heterocycles. The number of hydrogen-bond donors (Lipinski definition) is 1. The van der Waals surface area contributed by atoms with Crippen molar-refractivity contribution >= 4 is 49.8 Å². The zero-order valence-corrected chi connectivity index (χ0v) is 21.9. The Balaban J connectivity index is 1.34. The number of nitrogens with zero attached hydrogens (tertiary/aromatic N) is 6. The second-order valence-electron chi connectivity index (χ2n) is 9.14. The molecule has 0 aliphatic carbocycles. The molecule has 4 aromatic rings. The van der Waals surface area contributed by atoms with Gasteiger partial charge in [-0.2, -0.15) is 9.97 Å². The number of fused-ring (bicyclic) bond motifs is 1. The lowest BCUT2D eigenvalue weighted by atomic mass is 10.2. The summed E-state index contributed by atoms with van der Waals surface area (Å²) in [7, 11) is -3.41. The number of rotatable bonds is 6. The Morgan fingerprint density at radius 2 is 1.89 bits per heavy atom. The fourth-order valence-electron chi connectivity index (χ4n) is 4.65. The van der Waals surface area contributed by atoms with E-state index in [1.54, 1.807) is 36.1 Å². The number of anilines is 3. The molecule has 1 unspecified atom stereocenters. The number of benzene rings is 1. The fourth-order valence-corrected chi connectivity index (χ4v) is 6.89. The molecular weight excluding hydrogens is 514 g/mol. The lowest BCUT2D eigenvalue weighted by Crippen LogP contribution is -2.42. The zero-order chi connectivity index (χ0) is 25.4. The number of ether oxygens (including phenoxy) is 2. The molecule has 0 bridgehead atoms. The van der Waals surface area contributed by atoms with Gasteiger partial charge in [0.2, 0.25) is 5.95 Å². The molecule has 1 atom stereocenters. The highest BCUT2D eigenvalue weighted by Crippen LogP contribution is 2.29. The second kappa shape index (κ2) is 9.97. The average Bonchev–Trinajstić information content (AvgIpc) is 3.60. The van der Waals surface area contributed by atoms with E-state index in [9.17, 15) is 8.42 Å². The van der Waals surface area contributed by atoms with E-state index in [4.69, 9.17) is 19.4 Å². The number of thiazole rings is 1. The van der Waals surface area contributed by atoms with Gasteiger partial charge >= 0.3 is 0 Å². The van der Waals surface area contributed by atoms with Gasteiger partial charge in [0.05, 0.1) is 28.4 Å². The lowest BCUT2D eigenvalue weighted by molar-refractivity contribution is 0.0526. The number of aromatic nitrogens is 5. The molecule has 1 aromatic carbocycles. The monoisotopic (exact) mass is 541 g/mol. The summed E-state index contributed by atoms with van der Waals surface area (Å²) in [5, 5.41) is 4.86. The maximum absolute atomic E-state index is 13.1. The Hall–Kier alpha value is -3.13. The van der Waals surface area contributed by atoms with Crippen LogP contribution >= 0.6 is 11.3 Å². The topological polar surface area (TPSA) is 124 Å². The highest BCUT2D eigenvalue weighted by molar-refractivity contribution is 7.92. The van der Waals surface area contributed by atoms with Gasteiger partial charge in [-0.3, -0.25) is 4.57 Å². The Labute approximate surface area is 218 Å². The molecule has 0 amide bonds. The van der Waals surface area contributed by atoms with Crippen LogP contribution in [-0.2, 0) is 19.3 Å². The van der Waals surface area contributed by atoms with Crippen LogP contribution in [0.2, 0.25) is 0 Å². The highest BCUT2D eigenvalue weighted by atomic mass is 32.2. The van der Waals surface area contributed by atoms with E-state index < -0.39 is 15.1 Å². The van der Waals surface area contributed by atoms with Crippen molar-refractivity contribution in [1.82, 2.24) is 24.5 Å². The molecule has 194 valence electrons. The van der Waals surface area contributed by atoms with Gasteiger partial charge in [-0.1, -0.05) is 0 Å². The largest absolute Gasteiger partial charge is 0.381 e. The third-order valence-electron chi connectivity index (χ3n) is 6.63. The molecule has 2 aliphatic heterocycles. The van der Waals surface area contributed by atoms with E-state index in [0.717, 1.165) is 5.82 Å². The summed E-state index contributed by atoms with van der Waals surface area (Å²) in [5.41, 5.74) is 3.70. The number of nitrogens with one attached hydrogen (secondary N) is 1. The van der Waals surface area contributed by atoms with Gasteiger partial charge in [0.25, 0.3) is 0 Å². The third kappa shape index (κ3) is 4.79. The maximum Gasteiger partial charge on any atom is 0.229 e. The van der Waals surface area contributed by atoms with Gasteiger partial charge in [0, 0.05) is 37.4 Å². The summed E-state index contributed by atoms with van der Waals surface area (Å²) in [6.45, 7) is 4.93. The number of morpholine rings is 1. The molecule has 3 aromatic heterocycles. The van der Waals surface area contributed by atoms with E-state index in [1.165, 1.54) is 11.3 Å². The minimum atomic E-state index is -3.41. The predicted octanol–water partition coefficient (Wildman–Crippen LogP) is 3.19. The van der Waals surface area contributed by atoms with Crippen LogP contribution in [0, 0.1) is 0 Å². The Bertz CT molecular complexity index is 1480. The molecule has 37 heavy (non-hydrogen) atoms. The van der Waals surface area contributed by atoms with Crippen molar-refractivity contribution in [3.63, 3.8) is 0 Å². The first-order valence-electron chi connectivity index (χ1n) is 12.2. The van der Waals surface area contributed by atoms with Gasteiger partial charge < -0.3 is 19.7 Å². The van der Waals surface area contributed by atoms with Crippen molar-refractivity contribution in [2.45, 2.75) is 36.0 Å². The summed E-state index contributed by atoms with van der Waals surface area (Å²) < 4.78 is 39.0. The molecule has 0 radical (unpaired) electrons. The first kappa shape index (κ1) is 24.2. The van der Waals surface area contributed by atoms with Gasteiger partial charge in [-0.15, -0.1) is 11.3 Å². The molecule has 5 heterocycles. The Morgan fingerprint density at radius 3 is 2.62 bits per heavy atom. The summed E-state index contributed by atoms with van der Waals surface area (Å²) in [6.07, 6.45) is 2.80. The quantitative estimate of drug-likeness (QED) is 0.389. The summed E-state index contributed by atoms with van der Waals surface area (Å²) in [6, 6.07) is 6.80. The van der Waals surface area contributed by atoms with Crippen LogP contribution in [0.25, 0.3) is 17.0 Å². The Morgan fingerprint density at radius 1 is 1.08 bits per heavy atom. The van der Waals surface area contributed by atoms with Crippen LogP contribution < -0.4 is 10.2 Å². The third-order valence-corrected chi connectivity index (χ3v) is 9.48. The maximum atomic E-state index is 13.1. The summed E-state index contributed by atoms with van der Waals surface area (Å²) in [4.78, 5) is 21.1. The van der Waals surface area contributed by atoms with Crippen LogP contribution in [0.1, 0.15) is 19.8 Å². The minimum Gasteiger partial charge on any atom is -0.381 e. The van der Waals surface area contributed by atoms with E-state index in [-0.39, 0.29) is 6.10 Å². The standard InChI is InChI=1S/C24H27N7O4S2/c1-16-12-30(8-11-35-16)24-28-22(21-23(29-24)31(14-25-21)20-13-36-15-26-20)27-17-2-4-18(5-3-17)37(32,33)19-6-9-34-10-7-19/h2-5,13-16,19H,6-12H2,1H3,(H,27,28,29). The zero-order valence-electron chi connectivity index (χ0n) is 20.3. The van der Waals surface area contributed by atoms with E-state index in [0.29, 0.717) is 79.3 Å². The molecule has 11 nitrogen and oxygen atoms in total. The van der Waals surface area contributed by atoms with E-state index in [1.807, 2.05) is 16.9 Å². The summed E-state index contributed by atoms with van der Waals surface area (Å²) >= 11 is 1.50. The Kier molecular flexibility index (Phi) is 6.53. The van der Waals surface area contributed by atoms with Gasteiger partial charge in [-0.25, -0.2) is 18.4 Å². The fraction of sp³-hybridized carbons (Fsp3) is 0.417. The normalized spacial score (nSPS) is 19.4. The molecule has 2 fully saturated rings. The smallest absolute Gasteiger partial charge is 0.229 e. The van der Waals surface area contributed by atoms with Gasteiger partial charge in [0.15, 0.2) is 32.6 Å². The molecule has 13 heteroatoms. The molecule has 1 N–H and O–H groups in total. The van der Waals surface area contributed by atoms with Crippen LogP contribution in [0.15, 0.2) is 46.4 Å². The van der Waals surface area contributed by atoms with Crippen LogP contribution in [0.5, 0.6) is 0 Å². The van der Waals surface area contributed by atoms with Crippen molar-refractivity contribution < 1.29 is 17.9 Å². The van der Waals surface area contributed by atoms with Crippen molar-refractivity contribution in [2.75, 3.05) is 43.1 Å². The van der Waals surface area contributed by atoms with Crippen LogP contribution in [-0.4, -0.2) is 77.2 Å². The first-order valence-corrected chi connectivity index (χ1v) is 14.7. The van der Waals surface area contributed by atoms with Gasteiger partial charge in [0.1, 0.15) is 6.33 Å². The van der Waals surface area contributed by atoms with Crippen molar-refractivity contribution in [3.8, 4) is 5.82 Å². The predicted molar refractivity (Wildman–Crippen MR) is 141 cm³/mol. The van der Waals surface area contributed by atoms with Crippen molar-refractivity contribution in [3.05, 3.63) is 41.5 Å². The molecule has 2 aliphatic rings. The average molecular weight is 542 g/mol. The van der Waals surface area contributed by atoms with Crippen LogP contribution in [0.4, 0.5) is 17.5 Å². The SMILES string of the molecule is CC1CN(c2nc(Nc3ccc(S(=O)(=O)C4CCOCC4)cc3)c3ncn(-c4cscn4)c3n2)CCO1. The minimum absolute atomic E-state index is 0.0677. The van der Waals surface area contributed by atoms with E-state index >= 15 is 0 Å².